The lowest BCUT2D eigenvalue weighted by Crippen LogP contribution is -2.57. The number of hydrogen-bond acceptors (Lipinski definition) is 4. The maximum atomic E-state index is 4.49. The standard InChI is InChI=1S/C15H26N4/c1-5-16-13-6-7-17-14(10-13)11-19-9-8-18(4)15(2,3)12-19/h6-7,10H,5,8-9,11-12H2,1-4H3,(H,16,17). The first kappa shape index (κ1) is 14.3. The second-order valence-corrected chi connectivity index (χ2v) is 6.01. The van der Waals surface area contributed by atoms with E-state index in [-0.39, 0.29) is 5.54 Å². The van der Waals surface area contributed by atoms with Crippen LogP contribution in [0.4, 0.5) is 5.69 Å². The van der Waals surface area contributed by atoms with Gasteiger partial charge in [-0.05, 0) is 40.0 Å². The van der Waals surface area contributed by atoms with Crippen molar-refractivity contribution in [2.75, 3.05) is 38.5 Å². The Kier molecular flexibility index (Phi) is 4.42. The summed E-state index contributed by atoms with van der Waals surface area (Å²) in [7, 11) is 2.21. The summed E-state index contributed by atoms with van der Waals surface area (Å²) < 4.78 is 0. The minimum Gasteiger partial charge on any atom is -0.385 e. The van der Waals surface area contributed by atoms with E-state index in [4.69, 9.17) is 0 Å². The van der Waals surface area contributed by atoms with E-state index in [0.717, 1.165) is 38.4 Å². The first-order chi connectivity index (χ1) is 9.01. The molecule has 1 aliphatic rings. The lowest BCUT2D eigenvalue weighted by Gasteiger charge is -2.45. The number of aromatic nitrogens is 1. The van der Waals surface area contributed by atoms with Gasteiger partial charge >= 0.3 is 0 Å². The Labute approximate surface area is 116 Å². The van der Waals surface area contributed by atoms with Gasteiger partial charge < -0.3 is 5.32 Å². The van der Waals surface area contributed by atoms with Crippen LogP contribution in [0.15, 0.2) is 18.3 Å². The number of piperazine rings is 1. The van der Waals surface area contributed by atoms with Crippen molar-refractivity contribution in [1.82, 2.24) is 14.8 Å². The van der Waals surface area contributed by atoms with Crippen molar-refractivity contribution < 1.29 is 0 Å². The third kappa shape index (κ3) is 3.67. The highest BCUT2D eigenvalue weighted by molar-refractivity contribution is 5.42. The summed E-state index contributed by atoms with van der Waals surface area (Å²) in [6.45, 7) is 12.0. The van der Waals surface area contributed by atoms with Gasteiger partial charge in [0.25, 0.3) is 0 Å². The van der Waals surface area contributed by atoms with E-state index in [2.05, 4.69) is 54.0 Å². The van der Waals surface area contributed by atoms with Crippen LogP contribution in [-0.2, 0) is 6.54 Å². The van der Waals surface area contributed by atoms with E-state index in [1.807, 2.05) is 12.3 Å². The van der Waals surface area contributed by atoms with Crippen molar-refractivity contribution in [3.8, 4) is 0 Å². The molecule has 0 atom stereocenters. The topological polar surface area (TPSA) is 31.4 Å². The number of pyridine rings is 1. The summed E-state index contributed by atoms with van der Waals surface area (Å²) in [4.78, 5) is 9.42. The van der Waals surface area contributed by atoms with Crippen LogP contribution in [0, 0.1) is 0 Å². The highest BCUT2D eigenvalue weighted by Gasteiger charge is 2.30. The lowest BCUT2D eigenvalue weighted by molar-refractivity contribution is 0.0354. The highest BCUT2D eigenvalue weighted by atomic mass is 15.3. The molecule has 19 heavy (non-hydrogen) atoms. The number of likely N-dealkylation sites (N-methyl/N-ethyl adjacent to an activating group) is 1. The molecule has 0 amide bonds. The summed E-state index contributed by atoms with van der Waals surface area (Å²) in [6, 6.07) is 4.19. The fraction of sp³-hybridized carbons (Fsp3) is 0.667. The second-order valence-electron chi connectivity index (χ2n) is 6.01. The highest BCUT2D eigenvalue weighted by Crippen LogP contribution is 2.20. The minimum absolute atomic E-state index is 0.248. The average molecular weight is 262 g/mol. The Hall–Kier alpha value is -1.13. The largest absolute Gasteiger partial charge is 0.385 e. The average Bonchev–Trinajstić information content (AvgIpc) is 2.34. The molecule has 4 nitrogen and oxygen atoms in total. The fourth-order valence-corrected chi connectivity index (χ4v) is 2.58. The lowest BCUT2D eigenvalue weighted by atomic mass is 9.99. The summed E-state index contributed by atoms with van der Waals surface area (Å²) >= 11 is 0. The van der Waals surface area contributed by atoms with E-state index in [1.54, 1.807) is 0 Å². The number of anilines is 1. The summed E-state index contributed by atoms with van der Waals surface area (Å²) in [6.07, 6.45) is 1.90. The van der Waals surface area contributed by atoms with E-state index in [0.29, 0.717) is 0 Å². The molecule has 0 spiro atoms. The predicted molar refractivity (Wildman–Crippen MR) is 80.4 cm³/mol. The molecule has 2 heterocycles. The summed E-state index contributed by atoms with van der Waals surface area (Å²) in [5, 5.41) is 3.34. The quantitative estimate of drug-likeness (QED) is 0.900. The SMILES string of the molecule is CCNc1ccnc(CN2CCN(C)C(C)(C)C2)c1. The maximum absolute atomic E-state index is 4.49. The molecule has 106 valence electrons. The normalized spacial score (nSPS) is 20.4. The molecule has 0 bridgehead atoms. The van der Waals surface area contributed by atoms with E-state index >= 15 is 0 Å². The zero-order valence-electron chi connectivity index (χ0n) is 12.6. The first-order valence-electron chi connectivity index (χ1n) is 7.13. The Balaban J connectivity index is 1.99. The minimum atomic E-state index is 0.248. The number of nitrogens with one attached hydrogen (secondary N) is 1. The summed E-state index contributed by atoms with van der Waals surface area (Å²) in [5.74, 6) is 0. The number of hydrogen-bond donors (Lipinski definition) is 1. The summed E-state index contributed by atoms with van der Waals surface area (Å²) in [5.41, 5.74) is 2.57. The molecule has 0 radical (unpaired) electrons. The third-order valence-corrected chi connectivity index (χ3v) is 3.98. The molecule has 0 unspecified atom stereocenters. The van der Waals surface area contributed by atoms with Gasteiger partial charge in [-0.2, -0.15) is 0 Å². The maximum Gasteiger partial charge on any atom is 0.0564 e. The van der Waals surface area contributed by atoms with Gasteiger partial charge in [-0.3, -0.25) is 14.8 Å². The van der Waals surface area contributed by atoms with Crippen LogP contribution in [0.5, 0.6) is 0 Å². The van der Waals surface area contributed by atoms with Crippen LogP contribution in [0.3, 0.4) is 0 Å². The molecule has 2 rings (SSSR count). The van der Waals surface area contributed by atoms with Crippen molar-refractivity contribution in [3.63, 3.8) is 0 Å². The number of nitrogens with zero attached hydrogens (tertiary/aromatic N) is 3. The molecule has 0 aromatic carbocycles. The monoisotopic (exact) mass is 262 g/mol. The van der Waals surface area contributed by atoms with Crippen molar-refractivity contribution >= 4 is 5.69 Å². The Morgan fingerprint density at radius 3 is 2.84 bits per heavy atom. The molecular weight excluding hydrogens is 236 g/mol. The van der Waals surface area contributed by atoms with E-state index in [1.165, 1.54) is 5.69 Å². The smallest absolute Gasteiger partial charge is 0.0564 e. The van der Waals surface area contributed by atoms with Crippen LogP contribution in [0.25, 0.3) is 0 Å². The van der Waals surface area contributed by atoms with Crippen molar-refractivity contribution in [3.05, 3.63) is 24.0 Å². The van der Waals surface area contributed by atoms with Crippen LogP contribution < -0.4 is 5.32 Å². The van der Waals surface area contributed by atoms with Gasteiger partial charge in [-0.25, -0.2) is 0 Å². The van der Waals surface area contributed by atoms with Gasteiger partial charge in [0.2, 0.25) is 0 Å². The Morgan fingerprint density at radius 2 is 2.16 bits per heavy atom. The predicted octanol–water partition coefficient (Wildman–Crippen LogP) is 2.04. The van der Waals surface area contributed by atoms with Gasteiger partial charge in [0.05, 0.1) is 5.69 Å². The van der Waals surface area contributed by atoms with Gasteiger partial charge in [0.1, 0.15) is 0 Å². The molecule has 1 aromatic rings. The molecule has 1 N–H and O–H groups in total. The molecule has 1 saturated heterocycles. The zero-order chi connectivity index (χ0) is 13.9. The zero-order valence-corrected chi connectivity index (χ0v) is 12.6. The van der Waals surface area contributed by atoms with Crippen molar-refractivity contribution in [2.24, 2.45) is 0 Å². The van der Waals surface area contributed by atoms with Gasteiger partial charge in [-0.1, -0.05) is 0 Å². The van der Waals surface area contributed by atoms with Gasteiger partial charge in [0, 0.05) is 50.1 Å². The molecule has 1 fully saturated rings. The molecule has 1 aromatic heterocycles. The van der Waals surface area contributed by atoms with Crippen LogP contribution in [-0.4, -0.2) is 53.5 Å². The molecular formula is C15H26N4. The van der Waals surface area contributed by atoms with E-state index in [9.17, 15) is 0 Å². The van der Waals surface area contributed by atoms with Crippen molar-refractivity contribution in [1.29, 1.82) is 0 Å². The fourth-order valence-electron chi connectivity index (χ4n) is 2.58. The second kappa shape index (κ2) is 5.88. The molecule has 0 saturated carbocycles. The van der Waals surface area contributed by atoms with Crippen LogP contribution in [0.1, 0.15) is 26.5 Å². The Morgan fingerprint density at radius 1 is 1.37 bits per heavy atom. The molecule has 0 aliphatic carbocycles. The first-order valence-corrected chi connectivity index (χ1v) is 7.13. The molecule has 4 heteroatoms. The Bertz CT molecular complexity index is 416. The van der Waals surface area contributed by atoms with Crippen LogP contribution in [0.2, 0.25) is 0 Å². The number of rotatable bonds is 4. The molecule has 1 aliphatic heterocycles. The van der Waals surface area contributed by atoms with E-state index < -0.39 is 0 Å². The van der Waals surface area contributed by atoms with Gasteiger partial charge in [-0.15, -0.1) is 0 Å². The van der Waals surface area contributed by atoms with Crippen molar-refractivity contribution in [2.45, 2.75) is 32.9 Å². The van der Waals surface area contributed by atoms with Crippen LogP contribution >= 0.6 is 0 Å². The van der Waals surface area contributed by atoms with Gasteiger partial charge in [0.15, 0.2) is 0 Å². The third-order valence-electron chi connectivity index (χ3n) is 3.98.